The minimum Gasteiger partial charge on any atom is -0.224 e. The third-order valence-corrected chi connectivity index (χ3v) is 2.79. The van der Waals surface area contributed by atoms with Gasteiger partial charge >= 0.3 is 0 Å². The number of allylic oxidation sites excluding steroid dienone is 5. The number of sulfone groups is 1. The molecule has 12 heavy (non-hydrogen) atoms. The van der Waals surface area contributed by atoms with Crippen LogP contribution in [0.3, 0.4) is 0 Å². The van der Waals surface area contributed by atoms with Crippen molar-refractivity contribution in [2.45, 2.75) is 13.8 Å². The van der Waals surface area contributed by atoms with Crippen molar-refractivity contribution < 1.29 is 8.42 Å². The van der Waals surface area contributed by atoms with Crippen LogP contribution in [0.2, 0.25) is 0 Å². The monoisotopic (exact) mass is 186 g/mol. The van der Waals surface area contributed by atoms with Crippen LogP contribution in [0.25, 0.3) is 0 Å². The molecular formula is C9H14O2S. The molecule has 0 spiro atoms. The van der Waals surface area contributed by atoms with E-state index >= 15 is 0 Å². The minimum absolute atomic E-state index is 0.365. The molecule has 0 radical (unpaired) electrons. The first kappa shape index (κ1) is 11.2. The fourth-order valence-electron chi connectivity index (χ4n) is 0.440. The molecule has 0 atom stereocenters. The predicted molar refractivity (Wildman–Crippen MR) is 52.6 cm³/mol. The Morgan fingerprint density at radius 1 is 1.25 bits per heavy atom. The molecule has 0 fully saturated rings. The highest BCUT2D eigenvalue weighted by atomic mass is 32.2. The van der Waals surface area contributed by atoms with E-state index in [2.05, 4.69) is 6.58 Å². The standard InChI is InChI=1S/C9H14O2S/c1-5-8(2)6-7-9(3)12(4,10)11/h5-7H,1H2,2-4H3/b8-6-,9-7+. The Morgan fingerprint density at radius 2 is 1.75 bits per heavy atom. The molecule has 0 aromatic heterocycles. The SMILES string of the molecule is C=C/C(C)=C\C=C(/C)S(C)(=O)=O. The Balaban J connectivity index is 4.73. The van der Waals surface area contributed by atoms with Crippen LogP contribution >= 0.6 is 0 Å². The highest BCUT2D eigenvalue weighted by Gasteiger charge is 2.02. The van der Waals surface area contributed by atoms with E-state index in [1.54, 1.807) is 25.2 Å². The molecule has 0 aromatic carbocycles. The summed E-state index contributed by atoms with van der Waals surface area (Å²) >= 11 is 0. The van der Waals surface area contributed by atoms with E-state index in [4.69, 9.17) is 0 Å². The van der Waals surface area contributed by atoms with Crippen LogP contribution < -0.4 is 0 Å². The maximum atomic E-state index is 10.9. The summed E-state index contributed by atoms with van der Waals surface area (Å²) in [5.41, 5.74) is 0.943. The van der Waals surface area contributed by atoms with Crippen LogP contribution in [0, 0.1) is 0 Å². The van der Waals surface area contributed by atoms with Crippen molar-refractivity contribution in [1.82, 2.24) is 0 Å². The minimum atomic E-state index is -3.02. The second-order valence-corrected chi connectivity index (χ2v) is 4.85. The van der Waals surface area contributed by atoms with Gasteiger partial charge in [-0.2, -0.15) is 0 Å². The van der Waals surface area contributed by atoms with Crippen LogP contribution in [-0.2, 0) is 9.84 Å². The highest BCUT2D eigenvalue weighted by Crippen LogP contribution is 2.04. The van der Waals surface area contributed by atoms with E-state index in [9.17, 15) is 8.42 Å². The number of hydrogen-bond donors (Lipinski definition) is 0. The van der Waals surface area contributed by atoms with Gasteiger partial charge in [-0.25, -0.2) is 8.42 Å². The summed E-state index contributed by atoms with van der Waals surface area (Å²) in [6, 6.07) is 0. The fourth-order valence-corrected chi connectivity index (χ4v) is 0.756. The fraction of sp³-hybridized carbons (Fsp3) is 0.333. The Kier molecular flexibility index (Phi) is 3.96. The van der Waals surface area contributed by atoms with Gasteiger partial charge in [0.05, 0.1) is 0 Å². The van der Waals surface area contributed by atoms with Gasteiger partial charge < -0.3 is 0 Å². The Morgan fingerprint density at radius 3 is 2.08 bits per heavy atom. The molecule has 0 saturated carbocycles. The van der Waals surface area contributed by atoms with E-state index in [1.807, 2.05) is 6.92 Å². The van der Waals surface area contributed by atoms with Gasteiger partial charge in [0.25, 0.3) is 0 Å². The zero-order valence-electron chi connectivity index (χ0n) is 7.66. The van der Waals surface area contributed by atoms with E-state index in [-0.39, 0.29) is 0 Å². The Bertz CT molecular complexity index is 318. The quantitative estimate of drug-likeness (QED) is 0.632. The van der Waals surface area contributed by atoms with E-state index in [0.29, 0.717) is 4.91 Å². The van der Waals surface area contributed by atoms with Gasteiger partial charge in [0.1, 0.15) is 0 Å². The molecule has 0 rings (SSSR count). The highest BCUT2D eigenvalue weighted by molar-refractivity contribution is 7.94. The molecule has 0 aliphatic carbocycles. The summed E-state index contributed by atoms with van der Waals surface area (Å²) < 4.78 is 21.8. The summed E-state index contributed by atoms with van der Waals surface area (Å²) in [7, 11) is -3.02. The summed E-state index contributed by atoms with van der Waals surface area (Å²) in [6.07, 6.45) is 6.16. The molecular weight excluding hydrogens is 172 g/mol. The zero-order chi connectivity index (χ0) is 9.78. The average molecular weight is 186 g/mol. The van der Waals surface area contributed by atoms with Gasteiger partial charge in [0.15, 0.2) is 9.84 Å². The number of rotatable bonds is 3. The average Bonchev–Trinajstić information content (AvgIpc) is 1.97. The molecule has 0 amide bonds. The van der Waals surface area contributed by atoms with Crippen molar-refractivity contribution in [3.63, 3.8) is 0 Å². The lowest BCUT2D eigenvalue weighted by Crippen LogP contribution is -1.95. The summed E-state index contributed by atoms with van der Waals surface area (Å²) in [6.45, 7) is 6.99. The molecule has 0 aromatic rings. The predicted octanol–water partition coefficient (Wildman–Crippen LogP) is 2.07. The molecule has 68 valence electrons. The Hall–Kier alpha value is -0.830. The van der Waals surface area contributed by atoms with Gasteiger partial charge in [-0.05, 0) is 19.9 Å². The summed E-state index contributed by atoms with van der Waals surface area (Å²) in [4.78, 5) is 0.365. The molecule has 0 aliphatic heterocycles. The van der Waals surface area contributed by atoms with Crippen LogP contribution in [0.1, 0.15) is 13.8 Å². The normalized spacial score (nSPS) is 14.6. The molecule has 0 bridgehead atoms. The van der Waals surface area contributed by atoms with Crippen LogP contribution in [-0.4, -0.2) is 14.7 Å². The molecule has 0 saturated heterocycles. The lowest BCUT2D eigenvalue weighted by molar-refractivity contribution is 0.607. The summed E-state index contributed by atoms with van der Waals surface area (Å²) in [5, 5.41) is 0. The molecule has 0 N–H and O–H groups in total. The van der Waals surface area contributed by atoms with Gasteiger partial charge in [-0.15, -0.1) is 0 Å². The van der Waals surface area contributed by atoms with Gasteiger partial charge in [-0.3, -0.25) is 0 Å². The van der Waals surface area contributed by atoms with Gasteiger partial charge in [-0.1, -0.05) is 24.3 Å². The van der Waals surface area contributed by atoms with E-state index in [1.165, 1.54) is 6.26 Å². The van der Waals surface area contributed by atoms with Crippen molar-refractivity contribution in [3.8, 4) is 0 Å². The third kappa shape index (κ3) is 4.13. The third-order valence-electron chi connectivity index (χ3n) is 1.49. The maximum Gasteiger partial charge on any atom is 0.171 e. The maximum absolute atomic E-state index is 10.9. The first-order valence-corrected chi connectivity index (χ1v) is 5.44. The largest absolute Gasteiger partial charge is 0.224 e. The summed E-state index contributed by atoms with van der Waals surface area (Å²) in [5.74, 6) is 0. The molecule has 2 nitrogen and oxygen atoms in total. The number of hydrogen-bond acceptors (Lipinski definition) is 2. The van der Waals surface area contributed by atoms with Crippen molar-refractivity contribution in [2.24, 2.45) is 0 Å². The van der Waals surface area contributed by atoms with E-state index in [0.717, 1.165) is 5.57 Å². The lowest BCUT2D eigenvalue weighted by Gasteiger charge is -1.94. The van der Waals surface area contributed by atoms with Crippen LogP contribution in [0.5, 0.6) is 0 Å². The molecule has 3 heteroatoms. The van der Waals surface area contributed by atoms with Gasteiger partial charge in [0, 0.05) is 11.2 Å². The van der Waals surface area contributed by atoms with Crippen molar-refractivity contribution in [2.75, 3.05) is 6.26 Å². The van der Waals surface area contributed by atoms with Crippen LogP contribution in [0.15, 0.2) is 35.3 Å². The molecule has 0 heterocycles. The van der Waals surface area contributed by atoms with Crippen LogP contribution in [0.4, 0.5) is 0 Å². The Labute approximate surface area is 74.2 Å². The first-order valence-electron chi connectivity index (χ1n) is 3.55. The van der Waals surface area contributed by atoms with Crippen molar-refractivity contribution in [3.05, 3.63) is 35.3 Å². The zero-order valence-corrected chi connectivity index (χ0v) is 8.48. The van der Waals surface area contributed by atoms with Crippen molar-refractivity contribution in [1.29, 1.82) is 0 Å². The first-order chi connectivity index (χ1) is 5.38. The second kappa shape index (κ2) is 4.26. The second-order valence-electron chi connectivity index (χ2n) is 2.66. The van der Waals surface area contributed by atoms with E-state index < -0.39 is 9.84 Å². The smallest absolute Gasteiger partial charge is 0.171 e. The lowest BCUT2D eigenvalue weighted by atomic mass is 10.3. The molecule has 0 aliphatic rings. The van der Waals surface area contributed by atoms with Crippen molar-refractivity contribution >= 4 is 9.84 Å². The topological polar surface area (TPSA) is 34.1 Å². The molecule has 0 unspecified atom stereocenters. The van der Waals surface area contributed by atoms with Gasteiger partial charge in [0.2, 0.25) is 0 Å².